The van der Waals surface area contributed by atoms with Crippen molar-refractivity contribution in [3.05, 3.63) is 27.5 Å². The van der Waals surface area contributed by atoms with Crippen LogP contribution in [0.15, 0.2) is 16.7 Å². The van der Waals surface area contributed by atoms with Crippen molar-refractivity contribution in [2.45, 2.75) is 18.9 Å². The molecular formula is C11H11BrClN3O2. The Morgan fingerprint density at radius 1 is 1.50 bits per heavy atom. The molecule has 18 heavy (non-hydrogen) atoms. The van der Waals surface area contributed by atoms with Crippen molar-refractivity contribution >= 4 is 39.3 Å². The van der Waals surface area contributed by atoms with E-state index in [4.69, 9.17) is 11.6 Å². The molecule has 0 radical (unpaired) electrons. The summed E-state index contributed by atoms with van der Waals surface area (Å²) in [5.74, 6) is -0.607. The van der Waals surface area contributed by atoms with E-state index in [0.717, 1.165) is 12.8 Å². The van der Waals surface area contributed by atoms with Crippen LogP contribution < -0.4 is 10.6 Å². The topological polar surface area (TPSA) is 71.1 Å². The highest BCUT2D eigenvalue weighted by Crippen LogP contribution is 2.19. The van der Waals surface area contributed by atoms with Gasteiger partial charge in [-0.2, -0.15) is 0 Å². The first-order valence-electron chi connectivity index (χ1n) is 5.45. The van der Waals surface area contributed by atoms with Crippen LogP contribution in [-0.4, -0.2) is 29.4 Å². The molecular weight excluding hydrogens is 321 g/mol. The molecule has 2 amide bonds. The summed E-state index contributed by atoms with van der Waals surface area (Å²) in [6.45, 7) is -0.0574. The van der Waals surface area contributed by atoms with Crippen molar-refractivity contribution in [1.29, 1.82) is 0 Å². The van der Waals surface area contributed by atoms with E-state index in [-0.39, 0.29) is 29.2 Å². The molecule has 0 bridgehead atoms. The summed E-state index contributed by atoms with van der Waals surface area (Å²) in [6.07, 6.45) is 3.53. The SMILES string of the molecule is O=C(CNC(=O)c1cc(Br)cnc1Cl)NC1CC1. The fourth-order valence-electron chi connectivity index (χ4n) is 1.34. The van der Waals surface area contributed by atoms with Gasteiger partial charge in [0.15, 0.2) is 0 Å². The Hall–Kier alpha value is -1.14. The molecule has 5 nitrogen and oxygen atoms in total. The minimum absolute atomic E-state index is 0.0574. The van der Waals surface area contributed by atoms with Crippen molar-refractivity contribution < 1.29 is 9.59 Å². The van der Waals surface area contributed by atoms with Crippen LogP contribution in [0.1, 0.15) is 23.2 Å². The molecule has 0 aromatic carbocycles. The summed E-state index contributed by atoms with van der Waals surface area (Å²) in [6, 6.07) is 1.84. The van der Waals surface area contributed by atoms with Gasteiger partial charge in [-0.3, -0.25) is 9.59 Å². The highest BCUT2D eigenvalue weighted by Gasteiger charge is 2.23. The maximum Gasteiger partial charge on any atom is 0.254 e. The number of carbonyl (C=O) groups excluding carboxylic acids is 2. The molecule has 1 fully saturated rings. The lowest BCUT2D eigenvalue weighted by Crippen LogP contribution is -2.37. The fourth-order valence-corrected chi connectivity index (χ4v) is 1.86. The van der Waals surface area contributed by atoms with Gasteiger partial charge in [-0.05, 0) is 34.8 Å². The smallest absolute Gasteiger partial charge is 0.254 e. The van der Waals surface area contributed by atoms with Gasteiger partial charge in [-0.25, -0.2) is 4.98 Å². The van der Waals surface area contributed by atoms with Gasteiger partial charge in [-0.1, -0.05) is 11.6 Å². The van der Waals surface area contributed by atoms with Crippen molar-refractivity contribution in [2.24, 2.45) is 0 Å². The maximum absolute atomic E-state index is 11.8. The van der Waals surface area contributed by atoms with Crippen molar-refractivity contribution in [1.82, 2.24) is 15.6 Å². The summed E-state index contributed by atoms with van der Waals surface area (Å²) < 4.78 is 0.652. The van der Waals surface area contributed by atoms with Gasteiger partial charge < -0.3 is 10.6 Å². The Labute approximate surface area is 117 Å². The number of carbonyl (C=O) groups is 2. The van der Waals surface area contributed by atoms with E-state index in [1.807, 2.05) is 0 Å². The van der Waals surface area contributed by atoms with Gasteiger partial charge in [0.2, 0.25) is 5.91 Å². The number of nitrogens with one attached hydrogen (secondary N) is 2. The summed E-state index contributed by atoms with van der Waals surface area (Å²) in [7, 11) is 0. The molecule has 0 saturated heterocycles. The maximum atomic E-state index is 11.8. The summed E-state index contributed by atoms with van der Waals surface area (Å²) in [4.78, 5) is 27.0. The van der Waals surface area contributed by atoms with Gasteiger partial charge in [0.05, 0.1) is 12.1 Å². The molecule has 1 aliphatic carbocycles. The summed E-state index contributed by atoms with van der Waals surface area (Å²) in [5, 5.41) is 5.39. The lowest BCUT2D eigenvalue weighted by Gasteiger charge is -2.07. The number of halogens is 2. The summed E-state index contributed by atoms with van der Waals surface area (Å²) >= 11 is 9.01. The van der Waals surface area contributed by atoms with Crippen LogP contribution in [0.2, 0.25) is 5.15 Å². The molecule has 1 aliphatic rings. The summed E-state index contributed by atoms with van der Waals surface area (Å²) in [5.41, 5.74) is 0.241. The second-order valence-corrected chi connectivity index (χ2v) is 5.29. The third-order valence-electron chi connectivity index (χ3n) is 2.40. The first-order chi connectivity index (χ1) is 8.56. The van der Waals surface area contributed by atoms with Gasteiger partial charge in [0.1, 0.15) is 5.15 Å². The predicted octanol–water partition coefficient (Wildman–Crippen LogP) is 1.51. The van der Waals surface area contributed by atoms with Crippen LogP contribution in [0.5, 0.6) is 0 Å². The first kappa shape index (κ1) is 13.3. The first-order valence-corrected chi connectivity index (χ1v) is 6.62. The number of hydrogen-bond acceptors (Lipinski definition) is 3. The highest BCUT2D eigenvalue weighted by atomic mass is 79.9. The number of amides is 2. The average molecular weight is 333 g/mol. The van der Waals surface area contributed by atoms with Crippen LogP contribution >= 0.6 is 27.5 Å². The highest BCUT2D eigenvalue weighted by molar-refractivity contribution is 9.10. The van der Waals surface area contributed by atoms with Gasteiger partial charge in [0, 0.05) is 16.7 Å². The van der Waals surface area contributed by atoms with E-state index in [0.29, 0.717) is 4.47 Å². The van der Waals surface area contributed by atoms with E-state index in [9.17, 15) is 9.59 Å². The molecule has 0 atom stereocenters. The van der Waals surface area contributed by atoms with E-state index < -0.39 is 5.91 Å². The van der Waals surface area contributed by atoms with Crippen molar-refractivity contribution in [2.75, 3.05) is 6.54 Å². The molecule has 2 rings (SSSR count). The zero-order valence-electron chi connectivity index (χ0n) is 9.37. The fraction of sp³-hybridized carbons (Fsp3) is 0.364. The largest absolute Gasteiger partial charge is 0.352 e. The molecule has 0 spiro atoms. The number of aromatic nitrogens is 1. The predicted molar refractivity (Wildman–Crippen MR) is 70.4 cm³/mol. The molecule has 96 valence electrons. The normalized spacial score (nSPS) is 14.1. The van der Waals surface area contributed by atoms with Crippen LogP contribution in [-0.2, 0) is 4.79 Å². The number of hydrogen-bond donors (Lipinski definition) is 2. The minimum atomic E-state index is -0.417. The number of rotatable bonds is 4. The van der Waals surface area contributed by atoms with Crippen molar-refractivity contribution in [3.63, 3.8) is 0 Å². The average Bonchev–Trinajstić information content (AvgIpc) is 3.13. The monoisotopic (exact) mass is 331 g/mol. The minimum Gasteiger partial charge on any atom is -0.352 e. The number of pyridine rings is 1. The molecule has 7 heteroatoms. The lowest BCUT2D eigenvalue weighted by atomic mass is 10.2. The Balaban J connectivity index is 1.90. The zero-order valence-corrected chi connectivity index (χ0v) is 11.7. The zero-order chi connectivity index (χ0) is 13.1. The van der Waals surface area contributed by atoms with Crippen LogP contribution in [0.3, 0.4) is 0 Å². The Morgan fingerprint density at radius 2 is 2.22 bits per heavy atom. The second kappa shape index (κ2) is 5.67. The quantitative estimate of drug-likeness (QED) is 0.821. The third kappa shape index (κ3) is 3.68. The van der Waals surface area contributed by atoms with E-state index >= 15 is 0 Å². The molecule has 1 aromatic heterocycles. The standard InChI is InChI=1S/C11H11BrClN3O2/c12-6-3-8(10(13)14-4-6)11(18)15-5-9(17)16-7-1-2-7/h3-4,7H,1-2,5H2,(H,15,18)(H,16,17). The third-order valence-corrected chi connectivity index (χ3v) is 3.14. The van der Waals surface area contributed by atoms with Crippen LogP contribution in [0.25, 0.3) is 0 Å². The molecule has 1 heterocycles. The van der Waals surface area contributed by atoms with Gasteiger partial charge >= 0.3 is 0 Å². The van der Waals surface area contributed by atoms with Gasteiger partial charge in [0.25, 0.3) is 5.91 Å². The lowest BCUT2D eigenvalue weighted by molar-refractivity contribution is -0.120. The van der Waals surface area contributed by atoms with Crippen LogP contribution in [0.4, 0.5) is 0 Å². The number of nitrogens with zero attached hydrogens (tertiary/aromatic N) is 1. The van der Waals surface area contributed by atoms with Crippen molar-refractivity contribution in [3.8, 4) is 0 Å². The van der Waals surface area contributed by atoms with Crippen LogP contribution in [0, 0.1) is 0 Å². The Kier molecular flexibility index (Phi) is 4.19. The second-order valence-electron chi connectivity index (χ2n) is 4.02. The molecule has 1 aromatic rings. The van der Waals surface area contributed by atoms with Gasteiger partial charge in [-0.15, -0.1) is 0 Å². The van der Waals surface area contributed by atoms with E-state index in [1.165, 1.54) is 6.20 Å². The Morgan fingerprint density at radius 3 is 2.89 bits per heavy atom. The molecule has 0 unspecified atom stereocenters. The Bertz CT molecular complexity index is 491. The molecule has 1 saturated carbocycles. The van der Waals surface area contributed by atoms with E-state index in [2.05, 4.69) is 31.5 Å². The van der Waals surface area contributed by atoms with E-state index in [1.54, 1.807) is 6.07 Å². The molecule has 0 aliphatic heterocycles. The molecule has 2 N–H and O–H groups in total.